The first-order valence-electron chi connectivity index (χ1n) is 27.3. The SMILES string of the molecule is CCCCC/C=C\C/C=C\CCCCCCCC(=O)OCC(COC(=O)CCCCC(OCCCCCCC(F)(F)C(C)(F)F)OCCCCCCC(F)(F)C(F)(F)F)COC(=O)OCC1CCCN(CC)C1. The lowest BCUT2D eigenvalue weighted by molar-refractivity contribution is -0.284. The molecule has 19 heteroatoms. The van der Waals surface area contributed by atoms with E-state index in [-0.39, 0.29) is 91.0 Å². The van der Waals surface area contributed by atoms with E-state index in [9.17, 15) is 53.9 Å². The van der Waals surface area contributed by atoms with Gasteiger partial charge >= 0.3 is 42.0 Å². The molecule has 0 saturated carbocycles. The maximum atomic E-state index is 13.6. The summed E-state index contributed by atoms with van der Waals surface area (Å²) >= 11 is 0. The maximum Gasteiger partial charge on any atom is 0.508 e. The van der Waals surface area contributed by atoms with Crippen molar-refractivity contribution in [2.75, 3.05) is 59.3 Å². The second kappa shape index (κ2) is 40.2. The molecule has 1 saturated heterocycles. The van der Waals surface area contributed by atoms with Gasteiger partial charge in [-0.1, -0.05) is 95.9 Å². The number of carbonyl (C=O) groups is 3. The lowest BCUT2D eigenvalue weighted by atomic mass is 9.99. The Kier molecular flexibility index (Phi) is 37.4. The molecule has 3 unspecified atom stereocenters. The fourth-order valence-electron chi connectivity index (χ4n) is 7.97. The summed E-state index contributed by atoms with van der Waals surface area (Å²) in [6.45, 7) is 7.10. The van der Waals surface area contributed by atoms with Crippen molar-refractivity contribution in [3.8, 4) is 0 Å². The maximum absolute atomic E-state index is 13.6. The molecular formula is C54H90F9NO9. The van der Waals surface area contributed by atoms with E-state index >= 15 is 0 Å². The molecule has 0 spiro atoms. The number of piperidine rings is 1. The fraction of sp³-hybridized carbons (Fsp3) is 0.870. The molecule has 1 rings (SSSR count). The summed E-state index contributed by atoms with van der Waals surface area (Å²) in [5.41, 5.74) is 0. The molecule has 3 atom stereocenters. The Morgan fingerprint density at radius 1 is 0.589 bits per heavy atom. The number of alkyl halides is 9. The minimum absolute atomic E-state index is 0.00484. The molecule has 1 aliphatic rings. The molecule has 0 aromatic heterocycles. The molecule has 428 valence electrons. The Morgan fingerprint density at radius 3 is 1.66 bits per heavy atom. The third kappa shape index (κ3) is 35.8. The van der Waals surface area contributed by atoms with Crippen molar-refractivity contribution in [1.82, 2.24) is 4.90 Å². The normalized spacial score (nSPS) is 16.0. The number of esters is 2. The summed E-state index contributed by atoms with van der Waals surface area (Å²) in [5, 5.41) is 0. The molecule has 0 radical (unpaired) electrons. The third-order valence-corrected chi connectivity index (χ3v) is 12.7. The molecule has 73 heavy (non-hydrogen) atoms. The molecule has 0 amide bonds. The van der Waals surface area contributed by atoms with Crippen LogP contribution in [0.25, 0.3) is 0 Å². The van der Waals surface area contributed by atoms with Gasteiger partial charge in [0.1, 0.15) is 19.8 Å². The number of halogens is 9. The van der Waals surface area contributed by atoms with Gasteiger partial charge in [0.15, 0.2) is 6.29 Å². The number of hydrogen-bond acceptors (Lipinski definition) is 10. The van der Waals surface area contributed by atoms with Crippen molar-refractivity contribution in [3.63, 3.8) is 0 Å². The number of ether oxygens (including phenoxy) is 6. The Bertz CT molecular complexity index is 1440. The topological polar surface area (TPSA) is 110 Å². The monoisotopic (exact) mass is 1070 g/mol. The van der Waals surface area contributed by atoms with Crippen molar-refractivity contribution < 1.29 is 82.3 Å². The molecule has 0 aliphatic carbocycles. The second-order valence-corrected chi connectivity index (χ2v) is 19.5. The number of likely N-dealkylation sites (tertiary alicyclic amines) is 1. The molecule has 0 N–H and O–H groups in total. The van der Waals surface area contributed by atoms with Crippen molar-refractivity contribution >= 4 is 18.1 Å². The zero-order valence-corrected chi connectivity index (χ0v) is 44.2. The summed E-state index contributed by atoms with van der Waals surface area (Å²) in [6, 6.07) is 0. The van der Waals surface area contributed by atoms with Gasteiger partial charge in [-0.25, -0.2) is 13.6 Å². The van der Waals surface area contributed by atoms with Gasteiger partial charge in [-0.05, 0) is 109 Å². The largest absolute Gasteiger partial charge is 0.508 e. The summed E-state index contributed by atoms with van der Waals surface area (Å²) in [5.74, 6) is -14.4. The average Bonchev–Trinajstić information content (AvgIpc) is 3.33. The number of allylic oxidation sites excluding steroid dienone is 4. The van der Waals surface area contributed by atoms with E-state index < -0.39 is 67.1 Å². The predicted octanol–water partition coefficient (Wildman–Crippen LogP) is 15.7. The minimum Gasteiger partial charge on any atom is -0.465 e. The van der Waals surface area contributed by atoms with Crippen LogP contribution in [0, 0.1) is 11.8 Å². The van der Waals surface area contributed by atoms with Gasteiger partial charge in [0.05, 0.1) is 12.5 Å². The first kappa shape index (κ1) is 68.0. The van der Waals surface area contributed by atoms with E-state index in [1.807, 2.05) is 0 Å². The Hall–Kier alpha value is -3.06. The van der Waals surface area contributed by atoms with Gasteiger partial charge in [0.25, 0.3) is 0 Å². The van der Waals surface area contributed by atoms with E-state index in [2.05, 4.69) is 43.1 Å². The summed E-state index contributed by atoms with van der Waals surface area (Å²) in [7, 11) is 0. The highest BCUT2D eigenvalue weighted by atomic mass is 19.4. The van der Waals surface area contributed by atoms with E-state index in [1.165, 1.54) is 19.3 Å². The Labute approximate surface area is 430 Å². The average molecular weight is 1070 g/mol. The minimum atomic E-state index is -5.61. The van der Waals surface area contributed by atoms with Crippen LogP contribution in [0.5, 0.6) is 0 Å². The van der Waals surface area contributed by atoms with Crippen molar-refractivity contribution in [1.29, 1.82) is 0 Å². The molecule has 0 aromatic carbocycles. The van der Waals surface area contributed by atoms with E-state index in [1.54, 1.807) is 0 Å². The lowest BCUT2D eigenvalue weighted by Crippen LogP contribution is -2.37. The number of carbonyl (C=O) groups excluding carboxylic acids is 3. The van der Waals surface area contributed by atoms with Gasteiger partial charge in [0, 0.05) is 58.3 Å². The summed E-state index contributed by atoms with van der Waals surface area (Å²) in [6.07, 6.45) is 15.6. The summed E-state index contributed by atoms with van der Waals surface area (Å²) < 4.78 is 151. The van der Waals surface area contributed by atoms with Crippen LogP contribution in [0.15, 0.2) is 24.3 Å². The van der Waals surface area contributed by atoms with Crippen molar-refractivity contribution in [2.45, 2.75) is 231 Å². The molecule has 1 heterocycles. The zero-order chi connectivity index (χ0) is 54.3. The second-order valence-electron chi connectivity index (χ2n) is 19.5. The molecule has 1 aliphatic heterocycles. The highest BCUT2D eigenvalue weighted by Crippen LogP contribution is 2.39. The number of rotatable bonds is 45. The quantitative estimate of drug-likeness (QED) is 0.0146. The fourth-order valence-corrected chi connectivity index (χ4v) is 7.97. The highest BCUT2D eigenvalue weighted by molar-refractivity contribution is 5.69. The molecular weight excluding hydrogens is 978 g/mol. The standard InChI is InChI=1S/C54H90F9NO9/c1-4-6-7-8-9-10-11-12-13-14-15-16-17-18-23-32-47(65)70-42-46(44-73-50(67)72-41-45-31-30-37-64(5-2)40-45)43-71-48(66)33-24-25-34-49(68-38-28-21-19-26-35-52(57,58)51(3,55)56)69-39-29-22-20-27-36-53(59,60)54(61,62)63/h9-10,12-13,45-46,49H,4-8,11,14-44H2,1-3H3/b10-9-,13-12-. The first-order chi connectivity index (χ1) is 34.7. The van der Waals surface area contributed by atoms with E-state index in [0.717, 1.165) is 77.4 Å². The van der Waals surface area contributed by atoms with E-state index in [4.69, 9.17) is 28.4 Å². The number of unbranched alkanes of at least 4 members (excludes halogenated alkanes) is 15. The van der Waals surface area contributed by atoms with Crippen LogP contribution in [0.3, 0.4) is 0 Å². The highest BCUT2D eigenvalue weighted by Gasteiger charge is 2.56. The van der Waals surface area contributed by atoms with Crippen LogP contribution in [-0.4, -0.2) is 113 Å². The lowest BCUT2D eigenvalue weighted by Gasteiger charge is -2.31. The van der Waals surface area contributed by atoms with Crippen LogP contribution in [0.4, 0.5) is 44.3 Å². The molecule has 1 fully saturated rings. The van der Waals surface area contributed by atoms with Crippen molar-refractivity contribution in [3.05, 3.63) is 24.3 Å². The zero-order valence-electron chi connectivity index (χ0n) is 44.2. The Morgan fingerprint density at radius 2 is 1.10 bits per heavy atom. The van der Waals surface area contributed by atoms with Crippen LogP contribution >= 0.6 is 0 Å². The first-order valence-corrected chi connectivity index (χ1v) is 27.3. The van der Waals surface area contributed by atoms with Crippen LogP contribution in [0.2, 0.25) is 0 Å². The number of nitrogens with zero attached hydrogens (tertiary/aromatic N) is 1. The van der Waals surface area contributed by atoms with Crippen LogP contribution in [-0.2, 0) is 38.0 Å². The van der Waals surface area contributed by atoms with Gasteiger partial charge in [-0.3, -0.25) is 9.59 Å². The summed E-state index contributed by atoms with van der Waals surface area (Å²) in [4.78, 5) is 40.4. The molecule has 0 bridgehead atoms. The van der Waals surface area contributed by atoms with Gasteiger partial charge < -0.3 is 33.3 Å². The van der Waals surface area contributed by atoms with Gasteiger partial charge in [-0.15, -0.1) is 0 Å². The van der Waals surface area contributed by atoms with Gasteiger partial charge in [0.2, 0.25) is 0 Å². The molecule has 0 aromatic rings. The van der Waals surface area contributed by atoms with Gasteiger partial charge in [-0.2, -0.15) is 30.7 Å². The number of hydrogen-bond donors (Lipinski definition) is 0. The molecule has 10 nitrogen and oxygen atoms in total. The predicted molar refractivity (Wildman–Crippen MR) is 264 cm³/mol. The third-order valence-electron chi connectivity index (χ3n) is 12.7. The smallest absolute Gasteiger partial charge is 0.465 e. The van der Waals surface area contributed by atoms with E-state index in [0.29, 0.717) is 51.4 Å². The van der Waals surface area contributed by atoms with Crippen molar-refractivity contribution in [2.24, 2.45) is 11.8 Å². The van der Waals surface area contributed by atoms with Crippen LogP contribution in [0.1, 0.15) is 201 Å². The van der Waals surface area contributed by atoms with Crippen LogP contribution < -0.4 is 0 Å². The Balaban J connectivity index is 2.62.